The van der Waals surface area contributed by atoms with Crippen molar-refractivity contribution in [2.45, 2.75) is 93.3 Å². The van der Waals surface area contributed by atoms with E-state index in [-0.39, 0.29) is 16.7 Å². The number of rotatable bonds is 8. The fourth-order valence-electron chi connectivity index (χ4n) is 4.53. The molecule has 0 aromatic carbocycles. The second-order valence-electron chi connectivity index (χ2n) is 13.3. The predicted molar refractivity (Wildman–Crippen MR) is 148 cm³/mol. The summed E-state index contributed by atoms with van der Waals surface area (Å²) >= 11 is 0. The maximum Gasteiger partial charge on any atom is 0.337 e. The van der Waals surface area contributed by atoms with E-state index in [1.807, 2.05) is 20.8 Å². The average Bonchev–Trinajstić information content (AvgIpc) is 2.77. The van der Waals surface area contributed by atoms with Gasteiger partial charge >= 0.3 is 5.97 Å². The number of anilines is 1. The third-order valence-electron chi connectivity index (χ3n) is 6.89. The molecule has 38 heavy (non-hydrogen) atoms. The minimum atomic E-state index is -1.23. The summed E-state index contributed by atoms with van der Waals surface area (Å²) in [5.74, 6) is -1.70. The Hall–Kier alpha value is -2.74. The van der Waals surface area contributed by atoms with Gasteiger partial charge in [-0.25, -0.2) is 14.2 Å². The van der Waals surface area contributed by atoms with Crippen molar-refractivity contribution < 1.29 is 23.8 Å². The first-order chi connectivity index (χ1) is 17.5. The third-order valence-corrected chi connectivity index (χ3v) is 6.89. The molecule has 8 heteroatoms. The molecule has 7 nitrogen and oxygen atoms in total. The lowest BCUT2D eigenvalue weighted by molar-refractivity contribution is -0.160. The molecular weight excluding hydrogens is 485 g/mol. The van der Waals surface area contributed by atoms with E-state index in [0.717, 1.165) is 32.4 Å². The van der Waals surface area contributed by atoms with Gasteiger partial charge in [0.1, 0.15) is 0 Å². The van der Waals surface area contributed by atoms with Gasteiger partial charge in [0, 0.05) is 47.9 Å². The Bertz CT molecular complexity index is 1140. The van der Waals surface area contributed by atoms with Crippen LogP contribution in [-0.2, 0) is 9.53 Å². The average molecular weight is 530 g/mol. The second kappa shape index (κ2) is 11.2. The van der Waals surface area contributed by atoms with Gasteiger partial charge in [-0.1, -0.05) is 34.6 Å². The highest BCUT2D eigenvalue weighted by Crippen LogP contribution is 2.43. The number of carboxylic acids is 1. The molecule has 1 saturated heterocycles. The van der Waals surface area contributed by atoms with E-state index in [2.05, 4.69) is 49.5 Å². The summed E-state index contributed by atoms with van der Waals surface area (Å²) in [4.78, 5) is 23.6. The van der Waals surface area contributed by atoms with Crippen molar-refractivity contribution in [1.82, 2.24) is 9.97 Å². The molecule has 0 saturated carbocycles. The van der Waals surface area contributed by atoms with Crippen molar-refractivity contribution in [3.63, 3.8) is 0 Å². The van der Waals surface area contributed by atoms with Gasteiger partial charge in [0.15, 0.2) is 11.9 Å². The van der Waals surface area contributed by atoms with Crippen LogP contribution in [0.25, 0.3) is 11.1 Å². The smallest absolute Gasteiger partial charge is 0.337 e. The van der Waals surface area contributed by atoms with E-state index in [1.165, 1.54) is 6.07 Å². The first kappa shape index (κ1) is 29.8. The largest absolute Gasteiger partial charge is 0.479 e. The van der Waals surface area contributed by atoms with Crippen LogP contribution in [0.15, 0.2) is 18.5 Å². The molecule has 1 fully saturated rings. The number of pyridine rings is 2. The minimum absolute atomic E-state index is 0.0426. The van der Waals surface area contributed by atoms with E-state index in [9.17, 15) is 9.90 Å². The van der Waals surface area contributed by atoms with E-state index in [0.29, 0.717) is 34.7 Å². The zero-order chi connectivity index (χ0) is 28.5. The van der Waals surface area contributed by atoms with Gasteiger partial charge in [0.25, 0.3) is 0 Å². The van der Waals surface area contributed by atoms with Gasteiger partial charge in [0.2, 0.25) is 5.88 Å². The van der Waals surface area contributed by atoms with E-state index < -0.39 is 23.5 Å². The number of aromatic nitrogens is 2. The summed E-state index contributed by atoms with van der Waals surface area (Å²) in [6, 6.07) is 1.40. The number of carbonyl (C=O) groups is 1. The van der Waals surface area contributed by atoms with Gasteiger partial charge in [-0.05, 0) is 63.9 Å². The highest BCUT2D eigenvalue weighted by atomic mass is 19.1. The number of piperidine rings is 1. The zero-order valence-electron chi connectivity index (χ0n) is 24.4. The number of halogens is 1. The van der Waals surface area contributed by atoms with Gasteiger partial charge < -0.3 is 19.5 Å². The van der Waals surface area contributed by atoms with Crippen molar-refractivity contribution in [2.24, 2.45) is 10.8 Å². The van der Waals surface area contributed by atoms with Gasteiger partial charge in [-0.15, -0.1) is 0 Å². The number of nitrogens with zero attached hydrogens (tertiary/aromatic N) is 3. The fraction of sp³-hybridized carbons (Fsp3) is 0.633. The standard InChI is InChI=1S/C30H44FN3O4/c1-19-23(25(27(35)36)38-29(5,6)7)24(34-13-10-30(8,9)11-14-34)21(18-32-19)20-16-22(31)26(33-17-20)37-15-12-28(2,3)4/h16-18,25H,10-15H2,1-9H3,(H,35,36)/t25-/m0/s1. The summed E-state index contributed by atoms with van der Waals surface area (Å²) in [5, 5.41) is 10.2. The third kappa shape index (κ3) is 7.65. The molecule has 0 radical (unpaired) electrons. The van der Waals surface area contributed by atoms with Gasteiger partial charge in [-0.2, -0.15) is 0 Å². The predicted octanol–water partition coefficient (Wildman–Crippen LogP) is 6.97. The highest BCUT2D eigenvalue weighted by molar-refractivity contribution is 5.86. The maximum atomic E-state index is 15.2. The molecule has 1 aliphatic rings. The first-order valence-corrected chi connectivity index (χ1v) is 13.4. The molecule has 2 aromatic rings. The molecule has 0 spiro atoms. The van der Waals surface area contributed by atoms with Crippen LogP contribution in [0.4, 0.5) is 10.1 Å². The van der Waals surface area contributed by atoms with Gasteiger partial charge in [-0.3, -0.25) is 4.98 Å². The Morgan fingerprint density at radius 3 is 2.29 bits per heavy atom. The van der Waals surface area contributed by atoms with Crippen LogP contribution < -0.4 is 9.64 Å². The van der Waals surface area contributed by atoms with E-state index in [1.54, 1.807) is 19.3 Å². The molecule has 1 aliphatic heterocycles. The van der Waals surface area contributed by atoms with Gasteiger partial charge in [0.05, 0.1) is 17.9 Å². The maximum absolute atomic E-state index is 15.2. The number of carboxylic acid groups (broad SMARTS) is 1. The highest BCUT2D eigenvalue weighted by Gasteiger charge is 2.36. The Morgan fingerprint density at radius 1 is 1.13 bits per heavy atom. The normalized spacial score (nSPS) is 16.8. The lowest BCUT2D eigenvalue weighted by Crippen LogP contribution is -2.39. The Balaban J connectivity index is 2.12. The molecule has 0 aliphatic carbocycles. The van der Waals surface area contributed by atoms with Crippen molar-refractivity contribution >= 4 is 11.7 Å². The number of aliphatic carboxylic acids is 1. The number of aryl methyl sites for hydroxylation is 1. The lowest BCUT2D eigenvalue weighted by atomic mass is 9.82. The molecule has 1 N–H and O–H groups in total. The quantitative estimate of drug-likeness (QED) is 0.395. The van der Waals surface area contributed by atoms with Crippen LogP contribution in [0.5, 0.6) is 5.88 Å². The molecule has 1 atom stereocenters. The summed E-state index contributed by atoms with van der Waals surface area (Å²) in [7, 11) is 0. The van der Waals surface area contributed by atoms with Crippen LogP contribution >= 0.6 is 0 Å². The Morgan fingerprint density at radius 2 is 1.76 bits per heavy atom. The molecule has 0 amide bonds. The molecule has 2 aromatic heterocycles. The molecule has 0 unspecified atom stereocenters. The first-order valence-electron chi connectivity index (χ1n) is 13.4. The van der Waals surface area contributed by atoms with Crippen molar-refractivity contribution in [2.75, 3.05) is 24.6 Å². The van der Waals surface area contributed by atoms with Crippen LogP contribution in [-0.4, -0.2) is 46.3 Å². The SMILES string of the molecule is Cc1ncc(-c2cnc(OCCC(C)(C)C)c(F)c2)c(N2CCC(C)(C)CC2)c1[C@H](OC(C)(C)C)C(=O)O. The van der Waals surface area contributed by atoms with E-state index >= 15 is 4.39 Å². The van der Waals surface area contributed by atoms with Crippen molar-refractivity contribution in [3.05, 3.63) is 35.5 Å². The topological polar surface area (TPSA) is 84.8 Å². The number of hydrogen-bond acceptors (Lipinski definition) is 6. The summed E-state index contributed by atoms with van der Waals surface area (Å²) in [5.41, 5.74) is 2.47. The van der Waals surface area contributed by atoms with Crippen molar-refractivity contribution in [1.29, 1.82) is 0 Å². The fourth-order valence-corrected chi connectivity index (χ4v) is 4.53. The molecule has 0 bridgehead atoms. The summed E-state index contributed by atoms with van der Waals surface area (Å²) in [6.45, 7) is 19.9. The number of ether oxygens (including phenoxy) is 2. The second-order valence-corrected chi connectivity index (χ2v) is 13.3. The van der Waals surface area contributed by atoms with Crippen LogP contribution in [0.1, 0.15) is 92.0 Å². The number of hydrogen-bond donors (Lipinski definition) is 1. The monoisotopic (exact) mass is 529 g/mol. The molecule has 210 valence electrons. The summed E-state index contributed by atoms with van der Waals surface area (Å²) < 4.78 is 26.9. The van der Waals surface area contributed by atoms with E-state index in [4.69, 9.17) is 9.47 Å². The molecule has 3 rings (SSSR count). The minimum Gasteiger partial charge on any atom is -0.479 e. The molecular formula is C30H44FN3O4. The Labute approximate surface area is 226 Å². The van der Waals surface area contributed by atoms with Crippen molar-refractivity contribution in [3.8, 4) is 17.0 Å². The van der Waals surface area contributed by atoms with Crippen LogP contribution in [0, 0.1) is 23.6 Å². The lowest BCUT2D eigenvalue weighted by Gasteiger charge is -2.40. The van der Waals surface area contributed by atoms with Crippen LogP contribution in [0.2, 0.25) is 0 Å². The zero-order valence-corrected chi connectivity index (χ0v) is 24.4. The van der Waals surface area contributed by atoms with Crippen LogP contribution in [0.3, 0.4) is 0 Å². The Kier molecular flexibility index (Phi) is 8.76. The molecule has 3 heterocycles. The summed E-state index contributed by atoms with van der Waals surface area (Å²) in [6.07, 6.45) is 4.67.